The van der Waals surface area contributed by atoms with Crippen LogP contribution in [0.2, 0.25) is 0 Å². The fraction of sp³-hybridized carbons (Fsp3) is 1.00. The highest BCUT2D eigenvalue weighted by molar-refractivity contribution is 5.85. The molecule has 0 amide bonds. The van der Waals surface area contributed by atoms with Gasteiger partial charge in [-0.25, -0.2) is 0 Å². The third-order valence-electron chi connectivity index (χ3n) is 3.01. The van der Waals surface area contributed by atoms with Crippen molar-refractivity contribution in [2.45, 2.75) is 31.2 Å². The SMILES string of the molecule is Cl.NC12CCC(CC1)CNC2. The maximum Gasteiger partial charge on any atom is 0.0281 e. The normalized spacial score (nSPS) is 42.8. The molecule has 0 aromatic carbocycles. The number of halogens is 1. The van der Waals surface area contributed by atoms with Crippen molar-refractivity contribution >= 4 is 12.4 Å². The molecule has 66 valence electrons. The highest BCUT2D eigenvalue weighted by atomic mass is 35.5. The van der Waals surface area contributed by atoms with Gasteiger partial charge in [-0.3, -0.25) is 0 Å². The lowest BCUT2D eigenvalue weighted by Crippen LogP contribution is -2.47. The van der Waals surface area contributed by atoms with E-state index in [1.165, 1.54) is 32.2 Å². The molecule has 0 aromatic heterocycles. The van der Waals surface area contributed by atoms with Crippen LogP contribution in [0.15, 0.2) is 0 Å². The molecule has 2 heterocycles. The number of hydrogen-bond acceptors (Lipinski definition) is 2. The average Bonchev–Trinajstić information content (AvgIpc) is 2.19. The Morgan fingerprint density at radius 2 is 1.91 bits per heavy atom. The van der Waals surface area contributed by atoms with Gasteiger partial charge in [-0.15, -0.1) is 12.4 Å². The van der Waals surface area contributed by atoms with Gasteiger partial charge in [0.1, 0.15) is 0 Å². The van der Waals surface area contributed by atoms with Crippen LogP contribution < -0.4 is 11.1 Å². The Labute approximate surface area is 74.3 Å². The van der Waals surface area contributed by atoms with Crippen molar-refractivity contribution in [2.75, 3.05) is 13.1 Å². The van der Waals surface area contributed by atoms with Gasteiger partial charge in [0.2, 0.25) is 0 Å². The molecule has 2 saturated heterocycles. The smallest absolute Gasteiger partial charge is 0.0281 e. The molecule has 3 fully saturated rings. The van der Waals surface area contributed by atoms with Crippen molar-refractivity contribution < 1.29 is 0 Å². The van der Waals surface area contributed by atoms with Gasteiger partial charge >= 0.3 is 0 Å². The molecule has 3 heteroatoms. The number of nitrogens with one attached hydrogen (secondary N) is 1. The first-order chi connectivity index (χ1) is 4.79. The predicted molar refractivity (Wildman–Crippen MR) is 49.0 cm³/mol. The fourth-order valence-electron chi connectivity index (χ4n) is 2.16. The van der Waals surface area contributed by atoms with E-state index >= 15 is 0 Å². The molecular formula is C8H17ClN2. The van der Waals surface area contributed by atoms with E-state index in [9.17, 15) is 0 Å². The Bertz CT molecular complexity index is 125. The van der Waals surface area contributed by atoms with Crippen LogP contribution in [0, 0.1) is 5.92 Å². The van der Waals surface area contributed by atoms with E-state index in [4.69, 9.17) is 5.73 Å². The van der Waals surface area contributed by atoms with E-state index in [1.54, 1.807) is 0 Å². The van der Waals surface area contributed by atoms with Gasteiger partial charge in [0, 0.05) is 12.1 Å². The fourth-order valence-corrected chi connectivity index (χ4v) is 2.16. The molecular weight excluding hydrogens is 160 g/mol. The lowest BCUT2D eigenvalue weighted by Gasteiger charge is -2.32. The number of rotatable bonds is 0. The first-order valence-electron chi connectivity index (χ1n) is 4.28. The lowest BCUT2D eigenvalue weighted by molar-refractivity contribution is 0.280. The monoisotopic (exact) mass is 176 g/mol. The van der Waals surface area contributed by atoms with Crippen molar-refractivity contribution in [2.24, 2.45) is 11.7 Å². The quantitative estimate of drug-likeness (QED) is 0.576. The first kappa shape index (κ1) is 9.30. The largest absolute Gasteiger partial charge is 0.324 e. The Balaban J connectivity index is 0.000000605. The van der Waals surface area contributed by atoms with Crippen LogP contribution in [-0.2, 0) is 0 Å². The molecule has 0 radical (unpaired) electrons. The van der Waals surface area contributed by atoms with E-state index in [0.717, 1.165) is 12.5 Å². The summed E-state index contributed by atoms with van der Waals surface area (Å²) in [6.45, 7) is 2.25. The molecule has 1 saturated carbocycles. The summed E-state index contributed by atoms with van der Waals surface area (Å²) in [6, 6.07) is 0. The molecule has 1 aliphatic carbocycles. The van der Waals surface area contributed by atoms with Crippen LogP contribution in [0.4, 0.5) is 0 Å². The average molecular weight is 177 g/mol. The second-order valence-corrected chi connectivity index (χ2v) is 3.94. The molecule has 3 N–H and O–H groups in total. The van der Waals surface area contributed by atoms with Crippen molar-refractivity contribution in [3.05, 3.63) is 0 Å². The summed E-state index contributed by atoms with van der Waals surface area (Å²) in [5.74, 6) is 0.930. The standard InChI is InChI=1S/C8H16N2.ClH/c9-8-3-1-7(2-4-8)5-10-6-8;/h7,10H,1-6,9H2;1H. The zero-order valence-corrected chi connectivity index (χ0v) is 7.62. The zero-order valence-electron chi connectivity index (χ0n) is 6.81. The van der Waals surface area contributed by atoms with Crippen molar-refractivity contribution in [3.8, 4) is 0 Å². The number of hydrogen-bond donors (Lipinski definition) is 2. The summed E-state index contributed by atoms with van der Waals surface area (Å²) >= 11 is 0. The zero-order chi connectivity index (χ0) is 7.03. The van der Waals surface area contributed by atoms with Gasteiger partial charge in [-0.2, -0.15) is 0 Å². The van der Waals surface area contributed by atoms with Crippen LogP contribution in [-0.4, -0.2) is 18.6 Å². The molecule has 3 aliphatic rings. The third-order valence-corrected chi connectivity index (χ3v) is 3.01. The Morgan fingerprint density at radius 1 is 1.27 bits per heavy atom. The van der Waals surface area contributed by atoms with Crippen LogP contribution >= 0.6 is 12.4 Å². The lowest BCUT2D eigenvalue weighted by atomic mass is 9.79. The molecule has 0 unspecified atom stereocenters. The molecule has 11 heavy (non-hydrogen) atoms. The first-order valence-corrected chi connectivity index (χ1v) is 4.28. The minimum Gasteiger partial charge on any atom is -0.324 e. The summed E-state index contributed by atoms with van der Waals surface area (Å²) in [6.07, 6.45) is 5.18. The summed E-state index contributed by atoms with van der Waals surface area (Å²) < 4.78 is 0. The maximum absolute atomic E-state index is 6.13. The van der Waals surface area contributed by atoms with Crippen molar-refractivity contribution in [3.63, 3.8) is 0 Å². The van der Waals surface area contributed by atoms with Gasteiger partial charge in [0.05, 0.1) is 0 Å². The summed E-state index contributed by atoms with van der Waals surface area (Å²) in [4.78, 5) is 0. The van der Waals surface area contributed by atoms with Gasteiger partial charge in [0.15, 0.2) is 0 Å². The number of nitrogens with two attached hydrogens (primary N) is 1. The van der Waals surface area contributed by atoms with Crippen LogP contribution in [0.5, 0.6) is 0 Å². The maximum atomic E-state index is 6.13. The second kappa shape index (κ2) is 3.30. The molecule has 0 spiro atoms. The highest BCUT2D eigenvalue weighted by Crippen LogP contribution is 2.31. The Kier molecular flexibility index (Phi) is 2.79. The van der Waals surface area contributed by atoms with E-state index < -0.39 is 0 Å². The molecule has 2 bridgehead atoms. The minimum absolute atomic E-state index is 0. The van der Waals surface area contributed by atoms with E-state index in [-0.39, 0.29) is 17.9 Å². The Hall–Kier alpha value is 0.210. The van der Waals surface area contributed by atoms with Gasteiger partial charge in [0.25, 0.3) is 0 Å². The summed E-state index contributed by atoms with van der Waals surface area (Å²) in [5.41, 5.74) is 6.29. The third kappa shape index (κ3) is 1.86. The molecule has 2 aliphatic heterocycles. The topological polar surface area (TPSA) is 38.0 Å². The van der Waals surface area contributed by atoms with Crippen molar-refractivity contribution in [1.82, 2.24) is 5.32 Å². The molecule has 0 atom stereocenters. The van der Waals surface area contributed by atoms with Gasteiger partial charge in [-0.05, 0) is 38.1 Å². The van der Waals surface area contributed by atoms with E-state index in [2.05, 4.69) is 5.32 Å². The number of fused-ring (bicyclic) bond motifs is 4. The second-order valence-electron chi connectivity index (χ2n) is 3.94. The van der Waals surface area contributed by atoms with E-state index in [1.807, 2.05) is 0 Å². The minimum atomic E-state index is 0. The van der Waals surface area contributed by atoms with Crippen LogP contribution in [0.3, 0.4) is 0 Å². The highest BCUT2D eigenvalue weighted by Gasteiger charge is 2.34. The van der Waals surface area contributed by atoms with Gasteiger partial charge in [-0.1, -0.05) is 0 Å². The van der Waals surface area contributed by atoms with E-state index in [0.29, 0.717) is 0 Å². The van der Waals surface area contributed by atoms with Crippen LogP contribution in [0.25, 0.3) is 0 Å². The van der Waals surface area contributed by atoms with Crippen LogP contribution in [0.1, 0.15) is 25.7 Å². The van der Waals surface area contributed by atoms with Gasteiger partial charge < -0.3 is 11.1 Å². The molecule has 3 rings (SSSR count). The summed E-state index contributed by atoms with van der Waals surface area (Å²) in [7, 11) is 0. The Morgan fingerprint density at radius 3 is 2.55 bits per heavy atom. The molecule has 0 aromatic rings. The summed E-state index contributed by atoms with van der Waals surface area (Å²) in [5, 5.41) is 3.42. The molecule has 2 nitrogen and oxygen atoms in total. The van der Waals surface area contributed by atoms with Crippen molar-refractivity contribution in [1.29, 1.82) is 0 Å². The predicted octanol–water partition coefficient (Wildman–Crippen LogP) is 0.899.